The Morgan fingerprint density at radius 3 is 2.80 bits per heavy atom. The fourth-order valence-corrected chi connectivity index (χ4v) is 3.10. The lowest BCUT2D eigenvalue weighted by Gasteiger charge is -2.16. The second-order valence-electron chi connectivity index (χ2n) is 4.90. The molecule has 2 atom stereocenters. The maximum Gasteiger partial charge on any atom is 0.257 e. The van der Waals surface area contributed by atoms with Crippen molar-refractivity contribution in [2.75, 3.05) is 0 Å². The molecule has 2 rings (SSSR count). The van der Waals surface area contributed by atoms with Crippen LogP contribution in [0, 0.1) is 0 Å². The molecule has 2 aromatic rings. The van der Waals surface area contributed by atoms with Gasteiger partial charge in [-0.2, -0.15) is 0 Å². The van der Waals surface area contributed by atoms with Gasteiger partial charge in [-0.05, 0) is 25.6 Å². The summed E-state index contributed by atoms with van der Waals surface area (Å²) in [6, 6.07) is 7.94. The van der Waals surface area contributed by atoms with E-state index in [0.29, 0.717) is 0 Å². The molecule has 5 heteroatoms. The molecule has 0 fully saturated rings. The first-order chi connectivity index (χ1) is 9.58. The SMILES string of the molecule is CC(N)c1ccccc1O[SiH](C)/C=C/c1nccn1C. The van der Waals surface area contributed by atoms with E-state index in [9.17, 15) is 0 Å². The smallest absolute Gasteiger partial charge is 0.257 e. The summed E-state index contributed by atoms with van der Waals surface area (Å²) in [5.41, 5.74) is 9.14. The highest BCUT2D eigenvalue weighted by Crippen LogP contribution is 2.23. The van der Waals surface area contributed by atoms with Crippen molar-refractivity contribution in [2.24, 2.45) is 12.8 Å². The van der Waals surface area contributed by atoms with Crippen LogP contribution in [0.25, 0.3) is 6.08 Å². The highest BCUT2D eigenvalue weighted by atomic mass is 28.3. The van der Waals surface area contributed by atoms with Gasteiger partial charge >= 0.3 is 0 Å². The third-order valence-corrected chi connectivity index (χ3v) is 4.46. The molecule has 0 saturated heterocycles. The monoisotopic (exact) mass is 287 g/mol. The molecule has 20 heavy (non-hydrogen) atoms. The van der Waals surface area contributed by atoms with Gasteiger partial charge in [0, 0.05) is 31.0 Å². The molecule has 0 radical (unpaired) electrons. The number of rotatable bonds is 5. The van der Waals surface area contributed by atoms with Gasteiger partial charge in [-0.25, -0.2) is 4.98 Å². The van der Waals surface area contributed by atoms with E-state index in [1.54, 1.807) is 6.20 Å². The number of nitrogens with two attached hydrogens (primary N) is 1. The molecule has 1 aromatic heterocycles. The van der Waals surface area contributed by atoms with Crippen molar-refractivity contribution in [3.63, 3.8) is 0 Å². The second kappa shape index (κ2) is 6.54. The lowest BCUT2D eigenvalue weighted by molar-refractivity contribution is 0.567. The zero-order chi connectivity index (χ0) is 14.5. The topological polar surface area (TPSA) is 53.1 Å². The van der Waals surface area contributed by atoms with E-state index >= 15 is 0 Å². The number of para-hydroxylation sites is 1. The van der Waals surface area contributed by atoms with E-state index in [2.05, 4.69) is 17.2 Å². The molecule has 4 nitrogen and oxygen atoms in total. The van der Waals surface area contributed by atoms with Gasteiger partial charge in [0.2, 0.25) is 0 Å². The number of benzene rings is 1. The molecule has 0 spiro atoms. The molecular weight excluding hydrogens is 266 g/mol. The Hall–Kier alpha value is -1.85. The predicted octanol–water partition coefficient (Wildman–Crippen LogP) is 2.42. The van der Waals surface area contributed by atoms with Crippen molar-refractivity contribution in [2.45, 2.75) is 19.5 Å². The molecular formula is C15H21N3OSi. The summed E-state index contributed by atoms with van der Waals surface area (Å²) in [5, 5.41) is 0. The minimum Gasteiger partial charge on any atom is -0.543 e. The van der Waals surface area contributed by atoms with E-state index in [1.165, 1.54) is 0 Å². The van der Waals surface area contributed by atoms with Gasteiger partial charge in [-0.1, -0.05) is 23.9 Å². The summed E-state index contributed by atoms with van der Waals surface area (Å²) in [5.74, 6) is 1.83. The summed E-state index contributed by atoms with van der Waals surface area (Å²) in [4.78, 5) is 4.26. The molecule has 1 heterocycles. The molecule has 0 saturated carbocycles. The minimum atomic E-state index is -1.45. The molecule has 0 bridgehead atoms. The Morgan fingerprint density at radius 2 is 2.15 bits per heavy atom. The van der Waals surface area contributed by atoms with Crippen LogP contribution in [-0.4, -0.2) is 18.6 Å². The number of imidazole rings is 1. The number of hydrogen-bond acceptors (Lipinski definition) is 3. The summed E-state index contributed by atoms with van der Waals surface area (Å²) >= 11 is 0. The fourth-order valence-electron chi connectivity index (χ4n) is 1.96. The van der Waals surface area contributed by atoms with Crippen LogP contribution >= 0.6 is 0 Å². The maximum absolute atomic E-state index is 6.08. The molecule has 106 valence electrons. The molecule has 2 unspecified atom stereocenters. The van der Waals surface area contributed by atoms with E-state index < -0.39 is 9.04 Å². The lowest BCUT2D eigenvalue weighted by atomic mass is 10.1. The van der Waals surface area contributed by atoms with E-state index in [4.69, 9.17) is 10.2 Å². The standard InChI is InChI=1S/C15H21N3OSi/c1-12(16)13-6-4-5-7-14(13)19-20(3)11-8-15-17-9-10-18(15)2/h4-12,20H,16H2,1-3H3/b11-8+. The van der Waals surface area contributed by atoms with Crippen molar-refractivity contribution < 1.29 is 4.43 Å². The Morgan fingerprint density at radius 1 is 1.40 bits per heavy atom. The largest absolute Gasteiger partial charge is 0.543 e. The summed E-state index contributed by atoms with van der Waals surface area (Å²) in [6.45, 7) is 4.11. The van der Waals surface area contributed by atoms with E-state index in [0.717, 1.165) is 17.1 Å². The van der Waals surface area contributed by atoms with Gasteiger partial charge in [0.05, 0.1) is 0 Å². The maximum atomic E-state index is 6.08. The quantitative estimate of drug-likeness (QED) is 0.859. The predicted molar refractivity (Wildman–Crippen MR) is 84.9 cm³/mol. The first-order valence-corrected chi connectivity index (χ1v) is 9.04. The van der Waals surface area contributed by atoms with Crippen molar-refractivity contribution in [3.8, 4) is 5.75 Å². The first kappa shape index (κ1) is 14.6. The van der Waals surface area contributed by atoms with E-state index in [-0.39, 0.29) is 6.04 Å². The fraction of sp³-hybridized carbons (Fsp3) is 0.267. The molecule has 0 aliphatic heterocycles. The van der Waals surface area contributed by atoms with Crippen LogP contribution < -0.4 is 10.2 Å². The number of nitrogens with zero attached hydrogens (tertiary/aromatic N) is 2. The average Bonchev–Trinajstić information content (AvgIpc) is 2.82. The van der Waals surface area contributed by atoms with Crippen LogP contribution in [-0.2, 0) is 7.05 Å². The highest BCUT2D eigenvalue weighted by molar-refractivity contribution is 6.57. The zero-order valence-corrected chi connectivity index (χ0v) is 13.3. The Balaban J connectivity index is 2.07. The molecule has 0 aliphatic rings. The van der Waals surface area contributed by atoms with Gasteiger partial charge in [-0.3, -0.25) is 0 Å². The normalized spacial score (nSPS) is 14.4. The first-order valence-electron chi connectivity index (χ1n) is 6.74. The Labute approximate surface area is 121 Å². The van der Waals surface area contributed by atoms with Gasteiger partial charge in [0.1, 0.15) is 11.6 Å². The van der Waals surface area contributed by atoms with Crippen LogP contribution in [0.15, 0.2) is 42.4 Å². The Kier molecular flexibility index (Phi) is 4.76. The van der Waals surface area contributed by atoms with Crippen molar-refractivity contribution >= 4 is 15.1 Å². The lowest BCUT2D eigenvalue weighted by Crippen LogP contribution is -2.17. The van der Waals surface area contributed by atoms with Crippen molar-refractivity contribution in [1.29, 1.82) is 0 Å². The third-order valence-electron chi connectivity index (χ3n) is 3.10. The van der Waals surface area contributed by atoms with Crippen LogP contribution in [0.1, 0.15) is 24.4 Å². The van der Waals surface area contributed by atoms with Gasteiger partial charge in [-0.15, -0.1) is 0 Å². The third kappa shape index (κ3) is 3.58. The number of aromatic nitrogens is 2. The van der Waals surface area contributed by atoms with Gasteiger partial charge in [0.25, 0.3) is 9.04 Å². The molecule has 0 aliphatic carbocycles. The molecule has 0 amide bonds. The van der Waals surface area contributed by atoms with Crippen LogP contribution in [0.2, 0.25) is 6.55 Å². The van der Waals surface area contributed by atoms with Gasteiger partial charge < -0.3 is 14.7 Å². The average molecular weight is 287 g/mol. The number of hydrogen-bond donors (Lipinski definition) is 1. The van der Waals surface area contributed by atoms with Crippen LogP contribution in [0.5, 0.6) is 5.75 Å². The summed E-state index contributed by atoms with van der Waals surface area (Å²) < 4.78 is 8.06. The van der Waals surface area contributed by atoms with Crippen LogP contribution in [0.4, 0.5) is 0 Å². The van der Waals surface area contributed by atoms with Crippen molar-refractivity contribution in [3.05, 3.63) is 53.7 Å². The van der Waals surface area contributed by atoms with Crippen LogP contribution in [0.3, 0.4) is 0 Å². The number of aryl methyl sites for hydroxylation is 1. The minimum absolute atomic E-state index is 0.0223. The second-order valence-corrected chi connectivity index (χ2v) is 6.94. The zero-order valence-electron chi connectivity index (χ0n) is 12.2. The summed E-state index contributed by atoms with van der Waals surface area (Å²) in [6.07, 6.45) is 5.74. The van der Waals surface area contributed by atoms with E-state index in [1.807, 2.05) is 55.1 Å². The van der Waals surface area contributed by atoms with Gasteiger partial charge in [0.15, 0.2) is 0 Å². The Bertz CT molecular complexity index is 592. The van der Waals surface area contributed by atoms with Crippen molar-refractivity contribution in [1.82, 2.24) is 9.55 Å². The highest BCUT2D eigenvalue weighted by Gasteiger charge is 2.10. The molecule has 2 N–H and O–H groups in total. The molecule has 1 aromatic carbocycles. The summed E-state index contributed by atoms with van der Waals surface area (Å²) in [7, 11) is 0.524.